The molecule has 1 N–H and O–H groups in total. The average Bonchev–Trinajstić information content (AvgIpc) is 2.40. The fourth-order valence-electron chi connectivity index (χ4n) is 1.98. The lowest BCUT2D eigenvalue weighted by Gasteiger charge is -2.15. The van der Waals surface area contributed by atoms with E-state index in [-0.39, 0.29) is 12.0 Å². The van der Waals surface area contributed by atoms with Crippen molar-refractivity contribution in [2.24, 2.45) is 0 Å². The molecule has 0 aliphatic rings. The summed E-state index contributed by atoms with van der Waals surface area (Å²) in [7, 11) is 0. The first kappa shape index (κ1) is 16.2. The van der Waals surface area contributed by atoms with Crippen molar-refractivity contribution in [2.75, 3.05) is 0 Å². The highest BCUT2D eigenvalue weighted by atomic mass is 127. The monoisotopic (exact) mass is 410 g/mol. The summed E-state index contributed by atoms with van der Waals surface area (Å²) in [6.07, 6.45) is -6.05. The van der Waals surface area contributed by atoms with Gasteiger partial charge in [0.1, 0.15) is 5.82 Å². The van der Waals surface area contributed by atoms with Crippen LogP contribution in [0.1, 0.15) is 22.8 Å². The Bertz CT molecular complexity index is 623. The van der Waals surface area contributed by atoms with E-state index in [9.17, 15) is 22.7 Å². The zero-order valence-corrected chi connectivity index (χ0v) is 12.8. The Labute approximate surface area is 132 Å². The van der Waals surface area contributed by atoms with Crippen LogP contribution in [0.4, 0.5) is 17.6 Å². The molecule has 2 rings (SSSR count). The van der Waals surface area contributed by atoms with Crippen molar-refractivity contribution in [1.29, 1.82) is 0 Å². The molecule has 1 unspecified atom stereocenters. The van der Waals surface area contributed by atoms with Gasteiger partial charge in [-0.25, -0.2) is 4.39 Å². The third-order valence-corrected chi connectivity index (χ3v) is 3.75. The first-order chi connectivity index (χ1) is 9.79. The lowest BCUT2D eigenvalue weighted by molar-refractivity contribution is -0.140. The Hall–Kier alpha value is -1.15. The van der Waals surface area contributed by atoms with Crippen molar-refractivity contribution >= 4 is 22.6 Å². The minimum Gasteiger partial charge on any atom is -0.388 e. The number of alkyl halides is 3. The Balaban J connectivity index is 2.27. The predicted octanol–water partition coefficient (Wildman–Crippen LogP) is 4.73. The number of hydrogen-bond acceptors (Lipinski definition) is 1. The van der Waals surface area contributed by atoms with E-state index in [1.165, 1.54) is 6.07 Å². The number of hydrogen-bond donors (Lipinski definition) is 1. The molecule has 0 bridgehead atoms. The highest BCUT2D eigenvalue weighted by molar-refractivity contribution is 14.1. The van der Waals surface area contributed by atoms with E-state index in [4.69, 9.17) is 0 Å². The van der Waals surface area contributed by atoms with Crippen LogP contribution in [0, 0.1) is 9.39 Å². The second-order valence-corrected chi connectivity index (χ2v) is 5.80. The largest absolute Gasteiger partial charge is 0.419 e. The molecule has 0 aromatic heterocycles. The first-order valence-electron chi connectivity index (χ1n) is 6.07. The molecule has 1 atom stereocenters. The van der Waals surface area contributed by atoms with Crippen LogP contribution in [-0.4, -0.2) is 5.11 Å². The molecule has 0 radical (unpaired) electrons. The number of rotatable bonds is 3. The fraction of sp³-hybridized carbons (Fsp3) is 0.200. The summed E-state index contributed by atoms with van der Waals surface area (Å²) < 4.78 is 52.8. The van der Waals surface area contributed by atoms with Crippen LogP contribution in [0.5, 0.6) is 0 Å². The van der Waals surface area contributed by atoms with Crippen LogP contribution in [0.25, 0.3) is 0 Å². The van der Waals surface area contributed by atoms with Gasteiger partial charge in [0.05, 0.1) is 11.7 Å². The number of halogens is 5. The standard InChI is InChI=1S/C15H11F4IO/c16-14-11(2-1-3-12(14)15(17,18)19)13(21)8-9-4-6-10(20)7-5-9/h1-7,13,21H,8H2. The predicted molar refractivity (Wildman–Crippen MR) is 79.2 cm³/mol. The summed E-state index contributed by atoms with van der Waals surface area (Å²) in [5.41, 5.74) is -0.982. The molecule has 0 fully saturated rings. The summed E-state index contributed by atoms with van der Waals surface area (Å²) in [6.45, 7) is 0. The molecule has 0 saturated heterocycles. The van der Waals surface area contributed by atoms with Gasteiger partial charge >= 0.3 is 6.18 Å². The van der Waals surface area contributed by atoms with Gasteiger partial charge in [-0.1, -0.05) is 24.3 Å². The summed E-state index contributed by atoms with van der Waals surface area (Å²) in [5, 5.41) is 10.0. The minimum atomic E-state index is -4.78. The van der Waals surface area contributed by atoms with Crippen LogP contribution in [0.2, 0.25) is 0 Å². The molecule has 1 nitrogen and oxygen atoms in total. The molecule has 0 saturated carbocycles. The van der Waals surface area contributed by atoms with E-state index >= 15 is 0 Å². The average molecular weight is 410 g/mol. The topological polar surface area (TPSA) is 20.2 Å². The third kappa shape index (κ3) is 3.94. The molecule has 2 aromatic rings. The Kier molecular flexibility index (Phi) is 4.88. The summed E-state index contributed by atoms with van der Waals surface area (Å²) in [5.74, 6) is -1.41. The van der Waals surface area contributed by atoms with Crippen molar-refractivity contribution < 1.29 is 22.7 Å². The van der Waals surface area contributed by atoms with Gasteiger partial charge in [0.25, 0.3) is 0 Å². The van der Waals surface area contributed by atoms with E-state index in [1.54, 1.807) is 12.1 Å². The molecular weight excluding hydrogens is 399 g/mol. The van der Waals surface area contributed by atoms with Gasteiger partial charge in [0, 0.05) is 15.6 Å². The fourth-order valence-corrected chi connectivity index (χ4v) is 2.34. The van der Waals surface area contributed by atoms with E-state index in [2.05, 4.69) is 22.6 Å². The van der Waals surface area contributed by atoms with Gasteiger partial charge in [-0.3, -0.25) is 0 Å². The smallest absolute Gasteiger partial charge is 0.388 e. The number of benzene rings is 2. The van der Waals surface area contributed by atoms with E-state index in [0.29, 0.717) is 6.07 Å². The zero-order valence-electron chi connectivity index (χ0n) is 10.7. The van der Waals surface area contributed by atoms with E-state index < -0.39 is 23.7 Å². The van der Waals surface area contributed by atoms with Crippen molar-refractivity contribution in [2.45, 2.75) is 18.7 Å². The van der Waals surface area contributed by atoms with Crippen LogP contribution in [-0.2, 0) is 12.6 Å². The van der Waals surface area contributed by atoms with Gasteiger partial charge in [0.15, 0.2) is 0 Å². The van der Waals surface area contributed by atoms with Gasteiger partial charge in [-0.15, -0.1) is 0 Å². The highest BCUT2D eigenvalue weighted by Crippen LogP contribution is 2.34. The molecule has 0 aliphatic heterocycles. The van der Waals surface area contributed by atoms with Crippen LogP contribution >= 0.6 is 22.6 Å². The maximum atomic E-state index is 13.9. The van der Waals surface area contributed by atoms with Crippen LogP contribution < -0.4 is 0 Å². The summed E-state index contributed by atoms with van der Waals surface area (Å²) >= 11 is 2.11. The van der Waals surface area contributed by atoms with Crippen LogP contribution in [0.3, 0.4) is 0 Å². The SMILES string of the molecule is OC(Cc1ccc(I)cc1)c1cccc(C(F)(F)F)c1F. The maximum Gasteiger partial charge on any atom is 0.419 e. The molecule has 0 heterocycles. The lowest BCUT2D eigenvalue weighted by atomic mass is 9.99. The van der Waals surface area contributed by atoms with Gasteiger partial charge < -0.3 is 5.11 Å². The van der Waals surface area contributed by atoms with Crippen molar-refractivity contribution in [3.8, 4) is 0 Å². The molecule has 0 aliphatic carbocycles. The van der Waals surface area contributed by atoms with Gasteiger partial charge in [0.2, 0.25) is 0 Å². The molecule has 0 spiro atoms. The summed E-state index contributed by atoms with van der Waals surface area (Å²) in [4.78, 5) is 0. The normalized spacial score (nSPS) is 13.2. The number of aliphatic hydroxyl groups excluding tert-OH is 1. The first-order valence-corrected chi connectivity index (χ1v) is 7.15. The van der Waals surface area contributed by atoms with Gasteiger partial charge in [-0.05, 0) is 46.4 Å². The quantitative estimate of drug-likeness (QED) is 0.574. The van der Waals surface area contributed by atoms with Crippen molar-refractivity contribution in [3.05, 3.63) is 68.5 Å². The Morgan fingerprint density at radius 3 is 2.24 bits per heavy atom. The van der Waals surface area contributed by atoms with Gasteiger partial charge in [-0.2, -0.15) is 13.2 Å². The van der Waals surface area contributed by atoms with E-state index in [1.807, 2.05) is 12.1 Å². The Morgan fingerprint density at radius 1 is 1.05 bits per heavy atom. The Morgan fingerprint density at radius 2 is 1.67 bits per heavy atom. The van der Waals surface area contributed by atoms with Crippen LogP contribution in [0.15, 0.2) is 42.5 Å². The second-order valence-electron chi connectivity index (χ2n) is 4.55. The molecule has 21 heavy (non-hydrogen) atoms. The highest BCUT2D eigenvalue weighted by Gasteiger charge is 2.35. The lowest BCUT2D eigenvalue weighted by Crippen LogP contribution is -2.12. The third-order valence-electron chi connectivity index (χ3n) is 3.04. The zero-order chi connectivity index (χ0) is 15.6. The molecule has 112 valence electrons. The molecule has 0 amide bonds. The molecular formula is C15H11F4IO. The maximum absolute atomic E-state index is 13.9. The summed E-state index contributed by atoms with van der Waals surface area (Å²) in [6, 6.07) is 10.0. The van der Waals surface area contributed by atoms with Crippen molar-refractivity contribution in [1.82, 2.24) is 0 Å². The van der Waals surface area contributed by atoms with Crippen molar-refractivity contribution in [3.63, 3.8) is 0 Å². The minimum absolute atomic E-state index is 0.0507. The molecule has 6 heteroatoms. The number of aliphatic hydroxyl groups is 1. The molecule has 2 aromatic carbocycles. The van der Waals surface area contributed by atoms with E-state index in [0.717, 1.165) is 15.2 Å². The second kappa shape index (κ2) is 6.31.